The Balaban J connectivity index is 1.57. The molecule has 0 saturated carbocycles. The molecule has 186 valence electrons. The molecule has 4 heterocycles. The smallest absolute Gasteiger partial charge is 0.449 e. The number of hydrogen-bond donors (Lipinski definition) is 3. The van der Waals surface area contributed by atoms with Crippen molar-refractivity contribution >= 4 is 57.8 Å². The highest BCUT2D eigenvalue weighted by atomic mass is 35.5. The van der Waals surface area contributed by atoms with Gasteiger partial charge in [-0.2, -0.15) is 0 Å². The van der Waals surface area contributed by atoms with Crippen molar-refractivity contribution in [2.75, 3.05) is 18.4 Å². The molecule has 1 aliphatic rings. The summed E-state index contributed by atoms with van der Waals surface area (Å²) < 4.78 is 6.25. The number of anilines is 1. The summed E-state index contributed by atoms with van der Waals surface area (Å²) in [6.45, 7) is 5.73. The Hall–Kier alpha value is -3.22. The van der Waals surface area contributed by atoms with Crippen LogP contribution in [0, 0.1) is 0 Å². The maximum Gasteiger partial charge on any atom is 0.512 e. The lowest BCUT2D eigenvalue weighted by Crippen LogP contribution is -2.47. The summed E-state index contributed by atoms with van der Waals surface area (Å²) in [6, 6.07) is 3.55. The van der Waals surface area contributed by atoms with Crippen LogP contribution in [0.25, 0.3) is 11.0 Å². The first-order valence-electron chi connectivity index (χ1n) is 11.1. The van der Waals surface area contributed by atoms with Crippen LogP contribution in [0.4, 0.5) is 10.6 Å². The summed E-state index contributed by atoms with van der Waals surface area (Å²) in [7, 11) is 0. The Kier molecular flexibility index (Phi) is 7.53. The highest BCUT2D eigenvalue weighted by Gasteiger charge is 2.28. The predicted octanol–water partition coefficient (Wildman–Crippen LogP) is 3.44. The van der Waals surface area contributed by atoms with Crippen LogP contribution < -0.4 is 15.4 Å². The maximum absolute atomic E-state index is 13.2. The number of amides is 2. The highest BCUT2D eigenvalue weighted by Crippen LogP contribution is 2.34. The van der Waals surface area contributed by atoms with E-state index < -0.39 is 18.0 Å². The van der Waals surface area contributed by atoms with Crippen LogP contribution in [-0.4, -0.2) is 67.7 Å². The van der Waals surface area contributed by atoms with Crippen LogP contribution >= 0.6 is 22.9 Å². The van der Waals surface area contributed by atoms with Crippen molar-refractivity contribution in [3.05, 3.63) is 34.6 Å². The molecule has 1 aliphatic heterocycles. The number of hydrogen-bond acceptors (Lipinski definition) is 8. The second kappa shape index (κ2) is 10.6. The molecule has 35 heavy (non-hydrogen) atoms. The van der Waals surface area contributed by atoms with Crippen molar-refractivity contribution in [1.82, 2.24) is 24.8 Å². The Morgan fingerprint density at radius 1 is 1.29 bits per heavy atom. The number of carboxylic acid groups (broad SMARTS) is 1. The van der Waals surface area contributed by atoms with Gasteiger partial charge in [-0.15, -0.1) is 11.3 Å². The van der Waals surface area contributed by atoms with Crippen molar-refractivity contribution in [2.45, 2.75) is 45.3 Å². The molecule has 13 heteroatoms. The minimum Gasteiger partial charge on any atom is -0.449 e. The zero-order chi connectivity index (χ0) is 25.1. The molecule has 0 bridgehead atoms. The van der Waals surface area contributed by atoms with Crippen LogP contribution in [0.1, 0.15) is 37.3 Å². The van der Waals surface area contributed by atoms with Crippen molar-refractivity contribution in [1.29, 1.82) is 0 Å². The fraction of sp³-hybridized carbons (Fsp3) is 0.409. The Bertz CT molecular complexity index is 1230. The van der Waals surface area contributed by atoms with Gasteiger partial charge in [0.2, 0.25) is 16.8 Å². The van der Waals surface area contributed by atoms with E-state index in [-0.39, 0.29) is 34.8 Å². The molecule has 1 fully saturated rings. The van der Waals surface area contributed by atoms with Gasteiger partial charge in [-0.25, -0.2) is 14.8 Å². The van der Waals surface area contributed by atoms with E-state index in [1.165, 1.54) is 10.8 Å². The van der Waals surface area contributed by atoms with Gasteiger partial charge in [-0.3, -0.25) is 9.59 Å². The Morgan fingerprint density at radius 3 is 2.66 bits per heavy atom. The molecule has 1 saturated heterocycles. The molecular weight excluding hydrogens is 496 g/mol. The number of ether oxygens (including phenoxy) is 1. The van der Waals surface area contributed by atoms with E-state index in [4.69, 9.17) is 21.4 Å². The first-order valence-corrected chi connectivity index (χ1v) is 12.3. The van der Waals surface area contributed by atoms with Gasteiger partial charge in [0.05, 0.1) is 5.02 Å². The second-order valence-electron chi connectivity index (χ2n) is 8.43. The topological polar surface area (TPSA) is 139 Å². The molecule has 0 atom stereocenters. The van der Waals surface area contributed by atoms with Crippen LogP contribution in [0.2, 0.25) is 5.02 Å². The van der Waals surface area contributed by atoms with Gasteiger partial charge < -0.3 is 29.9 Å². The molecule has 3 aromatic rings. The lowest BCUT2D eigenvalue weighted by Gasteiger charge is -2.34. The second-order valence-corrected chi connectivity index (χ2v) is 9.71. The highest BCUT2D eigenvalue weighted by molar-refractivity contribution is 7.13. The number of nitrogens with one attached hydrogen (secondary N) is 2. The molecule has 0 aliphatic carbocycles. The lowest BCUT2D eigenvalue weighted by molar-refractivity contribution is -0.116. The van der Waals surface area contributed by atoms with E-state index in [2.05, 4.69) is 39.3 Å². The van der Waals surface area contributed by atoms with Gasteiger partial charge in [-0.1, -0.05) is 11.6 Å². The number of carbonyl (C=O) groups is 3. The number of fused-ring (bicyclic) bond motifs is 1. The molecule has 4 rings (SSSR count). The zero-order valence-corrected chi connectivity index (χ0v) is 20.7. The van der Waals surface area contributed by atoms with Crippen molar-refractivity contribution in [2.24, 2.45) is 0 Å². The predicted molar refractivity (Wildman–Crippen MR) is 131 cm³/mol. The van der Waals surface area contributed by atoms with E-state index in [9.17, 15) is 14.4 Å². The standard InChI is InChI=1S/C22H25ClN6O5S/c1-12(2)28-7-5-14(6-8-28)25-20(31)19-26-15-11-35-21(34-22(32)33)18(15)29(19)10-17(30)27-16-4-3-13(23)9-24-16/h3-4,9,11-12,14H,5-8,10H2,1-2H3,(H,25,31)(H,32,33)(H,24,27,30). The third-order valence-corrected chi connectivity index (χ3v) is 6.80. The number of imidazole rings is 1. The average Bonchev–Trinajstić information content (AvgIpc) is 3.36. The normalized spacial score (nSPS) is 14.9. The number of halogens is 1. The summed E-state index contributed by atoms with van der Waals surface area (Å²) in [6.07, 6.45) is 1.50. The van der Waals surface area contributed by atoms with Crippen LogP contribution in [-0.2, 0) is 11.3 Å². The van der Waals surface area contributed by atoms with Crippen LogP contribution in [0.15, 0.2) is 23.7 Å². The number of pyridine rings is 1. The minimum atomic E-state index is -1.50. The SMILES string of the molecule is CC(C)N1CCC(NC(=O)c2nc3csc(OC(=O)O)c3n2CC(=O)Nc2ccc(Cl)cn2)CC1. The number of piperidine rings is 1. The number of rotatable bonds is 7. The van der Waals surface area contributed by atoms with Gasteiger partial charge in [0.1, 0.15) is 23.4 Å². The summed E-state index contributed by atoms with van der Waals surface area (Å²) in [4.78, 5) is 47.9. The third kappa shape index (κ3) is 5.89. The molecule has 0 aromatic carbocycles. The number of thiophene rings is 1. The minimum absolute atomic E-state index is 0.00328. The van der Waals surface area contributed by atoms with Gasteiger partial charge in [0.25, 0.3) is 5.91 Å². The van der Waals surface area contributed by atoms with Gasteiger partial charge in [0.15, 0.2) is 0 Å². The van der Waals surface area contributed by atoms with Crippen LogP contribution in [0.3, 0.4) is 0 Å². The average molecular weight is 521 g/mol. The first kappa shape index (κ1) is 24.9. The molecule has 0 spiro atoms. The van der Waals surface area contributed by atoms with Gasteiger partial charge in [0, 0.05) is 36.8 Å². The van der Waals surface area contributed by atoms with E-state index in [1.807, 2.05) is 0 Å². The van der Waals surface area contributed by atoms with Crippen LogP contribution in [0.5, 0.6) is 5.06 Å². The first-order chi connectivity index (χ1) is 16.7. The van der Waals surface area contributed by atoms with E-state index in [1.54, 1.807) is 17.5 Å². The lowest BCUT2D eigenvalue weighted by atomic mass is 10.0. The molecule has 2 amide bonds. The number of carbonyl (C=O) groups excluding carboxylic acids is 2. The molecule has 3 aromatic heterocycles. The maximum atomic E-state index is 13.2. The fourth-order valence-electron chi connectivity index (χ4n) is 4.00. The number of likely N-dealkylation sites (tertiary alicyclic amines) is 1. The van der Waals surface area contributed by atoms with Gasteiger partial charge >= 0.3 is 6.16 Å². The largest absolute Gasteiger partial charge is 0.512 e. The van der Waals surface area contributed by atoms with Crippen molar-refractivity contribution in [3.8, 4) is 5.06 Å². The quantitative estimate of drug-likeness (QED) is 0.403. The molecular formula is C22H25ClN6O5S. The van der Waals surface area contributed by atoms with E-state index in [0.717, 1.165) is 37.3 Å². The molecule has 0 radical (unpaired) electrons. The summed E-state index contributed by atoms with van der Waals surface area (Å²) >= 11 is 6.86. The van der Waals surface area contributed by atoms with Crippen molar-refractivity contribution < 1.29 is 24.2 Å². The molecule has 3 N–H and O–H groups in total. The van der Waals surface area contributed by atoms with Gasteiger partial charge in [-0.05, 0) is 38.8 Å². The van der Waals surface area contributed by atoms with E-state index >= 15 is 0 Å². The Morgan fingerprint density at radius 2 is 2.03 bits per heavy atom. The number of nitrogens with zero attached hydrogens (tertiary/aromatic N) is 4. The number of aromatic nitrogens is 3. The van der Waals surface area contributed by atoms with Crippen molar-refractivity contribution in [3.63, 3.8) is 0 Å². The zero-order valence-electron chi connectivity index (χ0n) is 19.2. The molecule has 11 nitrogen and oxygen atoms in total. The third-order valence-electron chi connectivity index (χ3n) is 5.74. The Labute approximate surface area is 210 Å². The summed E-state index contributed by atoms with van der Waals surface area (Å²) in [5.74, 6) is -0.631. The molecule has 0 unspecified atom stereocenters. The summed E-state index contributed by atoms with van der Waals surface area (Å²) in [5, 5.41) is 16.8. The summed E-state index contributed by atoms with van der Waals surface area (Å²) in [5.41, 5.74) is 0.625. The van der Waals surface area contributed by atoms with E-state index in [0.29, 0.717) is 16.6 Å². The monoisotopic (exact) mass is 520 g/mol. The fourth-order valence-corrected chi connectivity index (χ4v) is 4.94.